The Labute approximate surface area is 141 Å². The molecule has 0 radical (unpaired) electrons. The Morgan fingerprint density at radius 2 is 2.00 bits per heavy atom. The summed E-state index contributed by atoms with van der Waals surface area (Å²) in [6.45, 7) is 5.81. The molecule has 24 heavy (non-hydrogen) atoms. The molecular weight excluding hydrogens is 306 g/mol. The van der Waals surface area contributed by atoms with Gasteiger partial charge in [0.2, 0.25) is 5.91 Å². The SMILES string of the molecule is CC(C)(C)OC(=O)NCCCC(=O)Nc1ccc2ncccc2c1. The van der Waals surface area contributed by atoms with Crippen LogP contribution in [0.25, 0.3) is 10.9 Å². The number of hydrogen-bond acceptors (Lipinski definition) is 4. The molecule has 0 bridgehead atoms. The van der Waals surface area contributed by atoms with Crippen LogP contribution in [0.3, 0.4) is 0 Å². The molecule has 0 aliphatic carbocycles. The smallest absolute Gasteiger partial charge is 0.407 e. The molecule has 6 heteroatoms. The summed E-state index contributed by atoms with van der Waals surface area (Å²) in [5.41, 5.74) is 1.10. The highest BCUT2D eigenvalue weighted by Gasteiger charge is 2.15. The predicted octanol–water partition coefficient (Wildman–Crippen LogP) is 3.48. The number of carbonyl (C=O) groups is 2. The molecule has 0 saturated heterocycles. The van der Waals surface area contributed by atoms with Gasteiger partial charge < -0.3 is 15.4 Å². The Kier molecular flexibility index (Phi) is 5.73. The van der Waals surface area contributed by atoms with Crippen LogP contribution in [0.2, 0.25) is 0 Å². The molecule has 1 aromatic heterocycles. The van der Waals surface area contributed by atoms with Crippen molar-refractivity contribution in [1.82, 2.24) is 10.3 Å². The van der Waals surface area contributed by atoms with Gasteiger partial charge in [0.05, 0.1) is 5.52 Å². The summed E-state index contributed by atoms with van der Waals surface area (Å²) in [5, 5.41) is 6.46. The van der Waals surface area contributed by atoms with Gasteiger partial charge in [-0.3, -0.25) is 9.78 Å². The quantitative estimate of drug-likeness (QED) is 0.823. The summed E-state index contributed by atoms with van der Waals surface area (Å²) in [4.78, 5) is 27.7. The van der Waals surface area contributed by atoms with E-state index in [1.807, 2.05) is 30.3 Å². The normalized spacial score (nSPS) is 11.1. The fourth-order valence-electron chi connectivity index (χ4n) is 2.13. The fourth-order valence-corrected chi connectivity index (χ4v) is 2.13. The number of fused-ring (bicyclic) bond motifs is 1. The zero-order chi connectivity index (χ0) is 17.6. The molecule has 0 atom stereocenters. The highest BCUT2D eigenvalue weighted by atomic mass is 16.6. The maximum Gasteiger partial charge on any atom is 0.407 e. The topological polar surface area (TPSA) is 80.3 Å². The van der Waals surface area contributed by atoms with Gasteiger partial charge in [0.1, 0.15) is 5.60 Å². The van der Waals surface area contributed by atoms with Crippen molar-refractivity contribution >= 4 is 28.6 Å². The minimum Gasteiger partial charge on any atom is -0.444 e. The van der Waals surface area contributed by atoms with Crippen LogP contribution in [-0.4, -0.2) is 29.1 Å². The first-order valence-corrected chi connectivity index (χ1v) is 7.95. The maximum absolute atomic E-state index is 12.0. The van der Waals surface area contributed by atoms with Crippen LogP contribution in [-0.2, 0) is 9.53 Å². The van der Waals surface area contributed by atoms with Gasteiger partial charge >= 0.3 is 6.09 Å². The van der Waals surface area contributed by atoms with Crippen molar-refractivity contribution < 1.29 is 14.3 Å². The summed E-state index contributed by atoms with van der Waals surface area (Å²) in [6.07, 6.45) is 2.13. The third-order valence-corrected chi connectivity index (χ3v) is 3.14. The first kappa shape index (κ1) is 17.7. The molecule has 1 heterocycles. The van der Waals surface area contributed by atoms with Gasteiger partial charge in [-0.15, -0.1) is 0 Å². The van der Waals surface area contributed by atoms with Gasteiger partial charge in [-0.05, 0) is 51.5 Å². The molecule has 128 valence electrons. The van der Waals surface area contributed by atoms with E-state index in [0.29, 0.717) is 19.4 Å². The van der Waals surface area contributed by atoms with E-state index in [4.69, 9.17) is 4.74 Å². The number of pyridine rings is 1. The molecule has 0 spiro atoms. The fraction of sp³-hybridized carbons (Fsp3) is 0.389. The van der Waals surface area contributed by atoms with Crippen molar-refractivity contribution in [3.63, 3.8) is 0 Å². The monoisotopic (exact) mass is 329 g/mol. The van der Waals surface area contributed by atoms with Crippen LogP contribution in [0.5, 0.6) is 0 Å². The summed E-state index contributed by atoms with van der Waals surface area (Å²) in [7, 11) is 0. The van der Waals surface area contributed by atoms with Crippen LogP contribution in [0, 0.1) is 0 Å². The summed E-state index contributed by atoms with van der Waals surface area (Å²) in [5.74, 6) is -0.0933. The van der Waals surface area contributed by atoms with Gasteiger partial charge in [-0.25, -0.2) is 4.79 Å². The maximum atomic E-state index is 12.0. The second kappa shape index (κ2) is 7.77. The number of carbonyl (C=O) groups excluding carboxylic acids is 2. The summed E-state index contributed by atoms with van der Waals surface area (Å²) < 4.78 is 5.12. The third-order valence-electron chi connectivity index (χ3n) is 3.14. The average Bonchev–Trinajstić information content (AvgIpc) is 2.50. The first-order valence-electron chi connectivity index (χ1n) is 7.95. The zero-order valence-electron chi connectivity index (χ0n) is 14.3. The number of alkyl carbamates (subject to hydrolysis) is 1. The standard InChI is InChI=1S/C18H23N3O3/c1-18(2,3)24-17(23)20-11-5-7-16(22)21-14-8-9-15-13(12-14)6-4-10-19-15/h4,6,8-10,12H,5,7,11H2,1-3H3,(H,20,23)(H,21,22). The van der Waals surface area contributed by atoms with Crippen molar-refractivity contribution in [2.45, 2.75) is 39.2 Å². The number of hydrogen-bond donors (Lipinski definition) is 2. The van der Waals surface area contributed by atoms with Crippen molar-refractivity contribution in [1.29, 1.82) is 0 Å². The number of aromatic nitrogens is 1. The predicted molar refractivity (Wildman–Crippen MR) is 93.8 cm³/mol. The molecular formula is C18H23N3O3. The van der Waals surface area contributed by atoms with E-state index in [-0.39, 0.29) is 5.91 Å². The minimum atomic E-state index is -0.521. The molecule has 0 aliphatic rings. The van der Waals surface area contributed by atoms with Crippen LogP contribution >= 0.6 is 0 Å². The highest BCUT2D eigenvalue weighted by molar-refractivity contribution is 5.93. The second-order valence-electron chi connectivity index (χ2n) is 6.49. The van der Waals surface area contributed by atoms with E-state index in [0.717, 1.165) is 16.6 Å². The van der Waals surface area contributed by atoms with Gasteiger partial charge in [0.15, 0.2) is 0 Å². The molecule has 6 nitrogen and oxygen atoms in total. The lowest BCUT2D eigenvalue weighted by Crippen LogP contribution is -2.33. The highest BCUT2D eigenvalue weighted by Crippen LogP contribution is 2.17. The van der Waals surface area contributed by atoms with Gasteiger partial charge in [0.25, 0.3) is 0 Å². The van der Waals surface area contributed by atoms with E-state index in [1.165, 1.54) is 0 Å². The van der Waals surface area contributed by atoms with Gasteiger partial charge in [-0.1, -0.05) is 6.07 Å². The van der Waals surface area contributed by atoms with Crippen molar-refractivity contribution in [2.75, 3.05) is 11.9 Å². The van der Waals surface area contributed by atoms with Crippen LogP contribution in [0.1, 0.15) is 33.6 Å². The lowest BCUT2D eigenvalue weighted by molar-refractivity contribution is -0.116. The Morgan fingerprint density at radius 3 is 2.75 bits per heavy atom. The van der Waals surface area contributed by atoms with Crippen molar-refractivity contribution in [3.05, 3.63) is 36.5 Å². The lowest BCUT2D eigenvalue weighted by Gasteiger charge is -2.19. The number of anilines is 1. The summed E-state index contributed by atoms with van der Waals surface area (Å²) >= 11 is 0. The Morgan fingerprint density at radius 1 is 1.21 bits per heavy atom. The minimum absolute atomic E-state index is 0.0933. The lowest BCUT2D eigenvalue weighted by atomic mass is 10.2. The van der Waals surface area contributed by atoms with E-state index in [1.54, 1.807) is 27.0 Å². The molecule has 0 aliphatic heterocycles. The number of amides is 2. The third kappa shape index (κ3) is 5.87. The van der Waals surface area contributed by atoms with E-state index in [9.17, 15) is 9.59 Å². The zero-order valence-corrected chi connectivity index (χ0v) is 14.3. The number of ether oxygens (including phenoxy) is 1. The van der Waals surface area contributed by atoms with Gasteiger partial charge in [0, 0.05) is 30.2 Å². The van der Waals surface area contributed by atoms with E-state index >= 15 is 0 Å². The second-order valence-corrected chi connectivity index (χ2v) is 6.49. The molecule has 2 aromatic rings. The largest absolute Gasteiger partial charge is 0.444 e. The van der Waals surface area contributed by atoms with Gasteiger partial charge in [-0.2, -0.15) is 0 Å². The van der Waals surface area contributed by atoms with E-state index < -0.39 is 11.7 Å². The van der Waals surface area contributed by atoms with Crippen molar-refractivity contribution in [3.8, 4) is 0 Å². The number of nitrogens with zero attached hydrogens (tertiary/aromatic N) is 1. The van der Waals surface area contributed by atoms with Crippen LogP contribution < -0.4 is 10.6 Å². The molecule has 2 rings (SSSR count). The molecule has 0 saturated carbocycles. The van der Waals surface area contributed by atoms with Crippen LogP contribution in [0.4, 0.5) is 10.5 Å². The molecule has 1 aromatic carbocycles. The summed E-state index contributed by atoms with van der Waals surface area (Å²) in [6, 6.07) is 9.39. The van der Waals surface area contributed by atoms with E-state index in [2.05, 4.69) is 15.6 Å². The Balaban J connectivity index is 1.74. The molecule has 2 N–H and O–H groups in total. The first-order chi connectivity index (χ1) is 11.3. The van der Waals surface area contributed by atoms with Crippen molar-refractivity contribution in [2.24, 2.45) is 0 Å². The molecule has 0 unspecified atom stereocenters. The number of rotatable bonds is 5. The Hall–Kier alpha value is -2.63. The molecule has 2 amide bonds. The Bertz CT molecular complexity index is 723. The molecule has 0 fully saturated rings. The number of nitrogens with one attached hydrogen (secondary N) is 2. The van der Waals surface area contributed by atoms with Crippen LogP contribution in [0.15, 0.2) is 36.5 Å². The average molecular weight is 329 g/mol. The number of benzene rings is 1.